The Labute approximate surface area is 64.9 Å². The Morgan fingerprint density at radius 3 is 3.18 bits per heavy atom. The summed E-state index contributed by atoms with van der Waals surface area (Å²) in [6, 6.07) is 7.68. The van der Waals surface area contributed by atoms with Crippen LogP contribution in [0.1, 0.15) is 5.56 Å². The van der Waals surface area contributed by atoms with E-state index in [2.05, 4.69) is 12.8 Å². The zero-order valence-corrected chi connectivity index (χ0v) is 6.00. The van der Waals surface area contributed by atoms with Gasteiger partial charge in [0.05, 0.1) is 0 Å². The highest BCUT2D eigenvalue weighted by atomic mass is 16.3. The molecule has 1 heteroatoms. The van der Waals surface area contributed by atoms with Gasteiger partial charge in [0.25, 0.3) is 0 Å². The molecule has 0 aliphatic heterocycles. The summed E-state index contributed by atoms with van der Waals surface area (Å²) < 4.78 is 5.09. The maximum Gasteiger partial charge on any atom is 0.170 e. The summed E-state index contributed by atoms with van der Waals surface area (Å²) in [5.41, 5.74) is 1.95. The standard InChI is InChI=1S/C10H7O/c1-2-8-4-3-5-10-9(8)6-7-11-10/h2-6H,1H2. The van der Waals surface area contributed by atoms with Gasteiger partial charge in [0.2, 0.25) is 0 Å². The fourth-order valence-corrected chi connectivity index (χ4v) is 1.13. The first-order chi connectivity index (χ1) is 5.42. The molecule has 0 amide bonds. The van der Waals surface area contributed by atoms with Gasteiger partial charge >= 0.3 is 0 Å². The Balaban J connectivity index is 2.88. The third kappa shape index (κ3) is 0.855. The summed E-state index contributed by atoms with van der Waals surface area (Å²) in [7, 11) is 0. The summed E-state index contributed by atoms with van der Waals surface area (Å²) in [4.78, 5) is 0. The van der Waals surface area contributed by atoms with Crippen LogP contribution < -0.4 is 0 Å². The van der Waals surface area contributed by atoms with Crippen LogP contribution in [0.2, 0.25) is 0 Å². The second kappa shape index (κ2) is 2.27. The van der Waals surface area contributed by atoms with Crippen molar-refractivity contribution in [2.75, 3.05) is 0 Å². The van der Waals surface area contributed by atoms with Crippen LogP contribution in [0.4, 0.5) is 0 Å². The summed E-state index contributed by atoms with van der Waals surface area (Å²) in [5, 5.41) is 1.07. The average Bonchev–Trinajstić information content (AvgIpc) is 2.50. The van der Waals surface area contributed by atoms with E-state index < -0.39 is 0 Å². The van der Waals surface area contributed by atoms with Gasteiger partial charge in [0, 0.05) is 5.39 Å². The van der Waals surface area contributed by atoms with E-state index >= 15 is 0 Å². The van der Waals surface area contributed by atoms with E-state index in [1.54, 1.807) is 0 Å². The van der Waals surface area contributed by atoms with E-state index in [0.29, 0.717) is 0 Å². The Kier molecular flexibility index (Phi) is 1.29. The van der Waals surface area contributed by atoms with E-state index in [4.69, 9.17) is 4.42 Å². The number of hydrogen-bond donors (Lipinski definition) is 0. The lowest BCUT2D eigenvalue weighted by atomic mass is 10.1. The first-order valence-electron chi connectivity index (χ1n) is 3.43. The molecule has 53 valence electrons. The van der Waals surface area contributed by atoms with Crippen LogP contribution in [0.3, 0.4) is 0 Å². The smallest absolute Gasteiger partial charge is 0.170 e. The van der Waals surface area contributed by atoms with Crippen LogP contribution in [-0.4, -0.2) is 0 Å². The molecule has 0 spiro atoms. The third-order valence-corrected chi connectivity index (χ3v) is 1.69. The van der Waals surface area contributed by atoms with Crippen LogP contribution in [0.15, 0.2) is 35.3 Å². The Morgan fingerprint density at radius 1 is 1.45 bits per heavy atom. The van der Waals surface area contributed by atoms with E-state index in [0.717, 1.165) is 16.5 Å². The summed E-state index contributed by atoms with van der Waals surface area (Å²) in [6.07, 6.45) is 4.50. The predicted octanol–water partition coefficient (Wildman–Crippen LogP) is 2.88. The number of hydrogen-bond acceptors (Lipinski definition) is 1. The SMILES string of the molecule is C=Cc1cccc2o[c]cc12. The van der Waals surface area contributed by atoms with Crippen molar-refractivity contribution in [1.29, 1.82) is 0 Å². The molecule has 2 rings (SSSR count). The minimum Gasteiger partial charge on any atom is -0.453 e. The first-order valence-corrected chi connectivity index (χ1v) is 3.43. The van der Waals surface area contributed by atoms with Gasteiger partial charge in [-0.05, 0) is 17.7 Å². The molecular weight excluding hydrogens is 136 g/mol. The molecule has 0 atom stereocenters. The summed E-state index contributed by atoms with van der Waals surface area (Å²) in [5.74, 6) is 0. The minimum atomic E-state index is 0.863. The molecule has 0 saturated heterocycles. The number of benzene rings is 1. The topological polar surface area (TPSA) is 13.1 Å². The zero-order valence-electron chi connectivity index (χ0n) is 6.00. The van der Waals surface area contributed by atoms with Crippen LogP contribution in [0, 0.1) is 6.26 Å². The quantitative estimate of drug-likeness (QED) is 0.598. The van der Waals surface area contributed by atoms with Crippen molar-refractivity contribution in [3.8, 4) is 0 Å². The maximum absolute atomic E-state index is 5.09. The van der Waals surface area contributed by atoms with Gasteiger partial charge in [-0.3, -0.25) is 0 Å². The van der Waals surface area contributed by atoms with Gasteiger partial charge in [-0.25, -0.2) is 0 Å². The highest BCUT2D eigenvalue weighted by molar-refractivity contribution is 5.86. The molecule has 1 nitrogen and oxygen atoms in total. The Hall–Kier alpha value is -1.50. The molecule has 1 aromatic heterocycles. The van der Waals surface area contributed by atoms with Crippen molar-refractivity contribution >= 4 is 17.0 Å². The average molecular weight is 143 g/mol. The van der Waals surface area contributed by atoms with Crippen molar-refractivity contribution in [3.05, 3.63) is 42.7 Å². The van der Waals surface area contributed by atoms with Crippen molar-refractivity contribution < 1.29 is 4.42 Å². The molecule has 1 aromatic carbocycles. The van der Waals surface area contributed by atoms with Crippen molar-refractivity contribution in [1.82, 2.24) is 0 Å². The van der Waals surface area contributed by atoms with Crippen LogP contribution >= 0.6 is 0 Å². The largest absolute Gasteiger partial charge is 0.453 e. The second-order valence-corrected chi connectivity index (χ2v) is 2.33. The van der Waals surface area contributed by atoms with Crippen LogP contribution in [0.5, 0.6) is 0 Å². The van der Waals surface area contributed by atoms with Crippen LogP contribution in [-0.2, 0) is 0 Å². The van der Waals surface area contributed by atoms with E-state index in [9.17, 15) is 0 Å². The van der Waals surface area contributed by atoms with Gasteiger partial charge < -0.3 is 4.42 Å². The van der Waals surface area contributed by atoms with Gasteiger partial charge in [-0.2, -0.15) is 0 Å². The van der Waals surface area contributed by atoms with E-state index in [1.165, 1.54) is 0 Å². The van der Waals surface area contributed by atoms with Gasteiger partial charge in [-0.15, -0.1) is 0 Å². The van der Waals surface area contributed by atoms with Crippen LogP contribution in [0.25, 0.3) is 17.0 Å². The van der Waals surface area contributed by atoms with Crippen molar-refractivity contribution in [3.63, 3.8) is 0 Å². The maximum atomic E-state index is 5.09. The molecule has 0 fully saturated rings. The zero-order chi connectivity index (χ0) is 7.68. The highest BCUT2D eigenvalue weighted by Gasteiger charge is 1.98. The molecule has 2 aromatic rings. The monoisotopic (exact) mass is 143 g/mol. The third-order valence-electron chi connectivity index (χ3n) is 1.69. The molecule has 1 heterocycles. The molecule has 0 unspecified atom stereocenters. The second-order valence-electron chi connectivity index (χ2n) is 2.33. The molecule has 0 saturated carbocycles. The van der Waals surface area contributed by atoms with E-state index in [-0.39, 0.29) is 0 Å². The molecular formula is C10H7O. The lowest BCUT2D eigenvalue weighted by molar-refractivity contribution is 0.606. The predicted molar refractivity (Wildman–Crippen MR) is 45.1 cm³/mol. The molecule has 0 N–H and O–H groups in total. The normalized spacial score (nSPS) is 10.2. The molecule has 11 heavy (non-hydrogen) atoms. The molecule has 1 radical (unpaired) electrons. The number of fused-ring (bicyclic) bond motifs is 1. The Bertz CT molecular complexity index is 384. The number of rotatable bonds is 1. The van der Waals surface area contributed by atoms with Gasteiger partial charge in [0.15, 0.2) is 6.26 Å². The summed E-state index contributed by atoms with van der Waals surface area (Å²) >= 11 is 0. The lowest BCUT2D eigenvalue weighted by Gasteiger charge is -1.92. The first kappa shape index (κ1) is 6.23. The van der Waals surface area contributed by atoms with Crippen molar-refractivity contribution in [2.24, 2.45) is 0 Å². The number of furan rings is 1. The van der Waals surface area contributed by atoms with Gasteiger partial charge in [0.1, 0.15) is 5.58 Å². The molecule has 0 aliphatic carbocycles. The fourth-order valence-electron chi connectivity index (χ4n) is 1.13. The highest BCUT2D eigenvalue weighted by Crippen LogP contribution is 2.19. The lowest BCUT2D eigenvalue weighted by Crippen LogP contribution is -1.70. The molecule has 0 bridgehead atoms. The minimum absolute atomic E-state index is 0.863. The van der Waals surface area contributed by atoms with Gasteiger partial charge in [-0.1, -0.05) is 24.8 Å². The summed E-state index contributed by atoms with van der Waals surface area (Å²) in [6.45, 7) is 3.71. The van der Waals surface area contributed by atoms with E-state index in [1.807, 2.05) is 30.3 Å². The Morgan fingerprint density at radius 2 is 2.36 bits per heavy atom. The molecule has 0 aliphatic rings. The fraction of sp³-hybridized carbons (Fsp3) is 0. The van der Waals surface area contributed by atoms with Crippen molar-refractivity contribution in [2.45, 2.75) is 0 Å².